The first-order valence-electron chi connectivity index (χ1n) is 8.76. The Bertz CT molecular complexity index is 798. The van der Waals surface area contributed by atoms with Gasteiger partial charge in [0.25, 0.3) is 0 Å². The molecule has 3 aromatic carbocycles. The topological polar surface area (TPSA) is 21.3 Å². The van der Waals surface area contributed by atoms with Gasteiger partial charge in [0.05, 0.1) is 0 Å². The fraction of sp³-hybridized carbons (Fsp3) is 0.217. The zero-order valence-corrected chi connectivity index (χ0v) is 14.9. The number of hydrogen-bond acceptors (Lipinski definition) is 2. The zero-order chi connectivity index (χ0) is 17.5. The number of aryl methyl sites for hydroxylation is 1. The van der Waals surface area contributed by atoms with Crippen LogP contribution in [-0.2, 0) is 13.2 Å². The molecule has 3 aromatic rings. The Morgan fingerprint density at radius 1 is 0.840 bits per heavy atom. The lowest BCUT2D eigenvalue weighted by atomic mass is 10.1. The van der Waals surface area contributed by atoms with Gasteiger partial charge in [-0.05, 0) is 42.7 Å². The van der Waals surface area contributed by atoms with Crippen molar-refractivity contribution < 1.29 is 4.74 Å². The number of rotatable bonds is 7. The highest BCUT2D eigenvalue weighted by Gasteiger charge is 2.05. The molecular weight excluding hydrogens is 306 g/mol. The van der Waals surface area contributed by atoms with Crippen LogP contribution < -0.4 is 10.1 Å². The number of ether oxygens (including phenoxy) is 1. The molecule has 0 aliphatic heterocycles. The quantitative estimate of drug-likeness (QED) is 0.624. The minimum Gasteiger partial charge on any atom is -0.489 e. The third-order valence-corrected chi connectivity index (χ3v) is 4.30. The van der Waals surface area contributed by atoms with Gasteiger partial charge in [0.15, 0.2) is 0 Å². The van der Waals surface area contributed by atoms with Gasteiger partial charge in [-0.3, -0.25) is 0 Å². The summed E-state index contributed by atoms with van der Waals surface area (Å²) in [5.41, 5.74) is 4.98. The molecule has 0 saturated carbocycles. The monoisotopic (exact) mass is 331 g/mol. The molecule has 0 heterocycles. The van der Waals surface area contributed by atoms with E-state index in [1.807, 2.05) is 12.1 Å². The van der Waals surface area contributed by atoms with Gasteiger partial charge in [-0.25, -0.2) is 0 Å². The molecule has 1 atom stereocenters. The highest BCUT2D eigenvalue weighted by molar-refractivity contribution is 5.29. The molecule has 3 rings (SSSR count). The first-order chi connectivity index (χ1) is 12.2. The maximum absolute atomic E-state index is 5.95. The standard InChI is InChI=1S/C23H25NO/c1-18-8-6-10-21(14-18)17-25-23-13-7-9-20(15-23)16-24-19(2)22-11-4-3-5-12-22/h3-15,19,24H,16-17H2,1-2H3. The van der Waals surface area contributed by atoms with E-state index in [1.165, 1.54) is 22.3 Å². The van der Waals surface area contributed by atoms with Crippen LogP contribution in [0.15, 0.2) is 78.9 Å². The summed E-state index contributed by atoms with van der Waals surface area (Å²) >= 11 is 0. The summed E-state index contributed by atoms with van der Waals surface area (Å²) in [5, 5.41) is 3.57. The van der Waals surface area contributed by atoms with E-state index in [9.17, 15) is 0 Å². The van der Waals surface area contributed by atoms with Gasteiger partial charge in [-0.1, -0.05) is 72.3 Å². The largest absolute Gasteiger partial charge is 0.489 e. The van der Waals surface area contributed by atoms with Crippen molar-refractivity contribution in [1.82, 2.24) is 5.32 Å². The highest BCUT2D eigenvalue weighted by atomic mass is 16.5. The number of benzene rings is 3. The lowest BCUT2D eigenvalue weighted by Gasteiger charge is -2.15. The molecule has 2 heteroatoms. The molecule has 0 aliphatic carbocycles. The van der Waals surface area contributed by atoms with E-state index < -0.39 is 0 Å². The van der Waals surface area contributed by atoms with Crippen molar-refractivity contribution in [2.24, 2.45) is 0 Å². The van der Waals surface area contributed by atoms with Gasteiger partial charge in [-0.2, -0.15) is 0 Å². The molecule has 1 unspecified atom stereocenters. The molecule has 0 spiro atoms. The van der Waals surface area contributed by atoms with Crippen LogP contribution in [0.3, 0.4) is 0 Å². The van der Waals surface area contributed by atoms with Gasteiger partial charge in [0, 0.05) is 12.6 Å². The average Bonchev–Trinajstić information content (AvgIpc) is 2.65. The van der Waals surface area contributed by atoms with E-state index in [4.69, 9.17) is 4.74 Å². The van der Waals surface area contributed by atoms with Crippen molar-refractivity contribution in [2.45, 2.75) is 33.0 Å². The van der Waals surface area contributed by atoms with E-state index in [1.54, 1.807) is 0 Å². The molecule has 0 aromatic heterocycles. The van der Waals surface area contributed by atoms with Crippen LogP contribution in [0.2, 0.25) is 0 Å². The molecule has 0 aliphatic rings. The van der Waals surface area contributed by atoms with Gasteiger partial charge in [0.1, 0.15) is 12.4 Å². The number of hydrogen-bond donors (Lipinski definition) is 1. The van der Waals surface area contributed by atoms with Crippen LogP contribution in [0.25, 0.3) is 0 Å². The van der Waals surface area contributed by atoms with Crippen molar-refractivity contribution >= 4 is 0 Å². The van der Waals surface area contributed by atoms with E-state index in [0.717, 1.165) is 12.3 Å². The summed E-state index contributed by atoms with van der Waals surface area (Å²) in [5.74, 6) is 0.910. The second-order valence-electron chi connectivity index (χ2n) is 6.44. The first-order valence-corrected chi connectivity index (χ1v) is 8.76. The fourth-order valence-electron chi connectivity index (χ4n) is 2.84. The van der Waals surface area contributed by atoms with E-state index >= 15 is 0 Å². The van der Waals surface area contributed by atoms with Crippen molar-refractivity contribution in [1.29, 1.82) is 0 Å². The molecule has 2 nitrogen and oxygen atoms in total. The predicted octanol–water partition coefficient (Wildman–Crippen LogP) is 5.42. The Kier molecular flexibility index (Phi) is 5.86. The van der Waals surface area contributed by atoms with Gasteiger partial charge in [0.2, 0.25) is 0 Å². The Morgan fingerprint density at radius 2 is 1.60 bits per heavy atom. The van der Waals surface area contributed by atoms with Crippen LogP contribution in [-0.4, -0.2) is 0 Å². The van der Waals surface area contributed by atoms with E-state index in [-0.39, 0.29) is 0 Å². The summed E-state index contributed by atoms with van der Waals surface area (Å²) in [7, 11) is 0. The van der Waals surface area contributed by atoms with Crippen LogP contribution in [0.5, 0.6) is 5.75 Å². The van der Waals surface area contributed by atoms with Crippen molar-refractivity contribution in [2.75, 3.05) is 0 Å². The lowest BCUT2D eigenvalue weighted by molar-refractivity contribution is 0.305. The third kappa shape index (κ3) is 5.20. The summed E-state index contributed by atoms with van der Waals surface area (Å²) < 4.78 is 5.95. The molecule has 0 saturated heterocycles. The van der Waals surface area contributed by atoms with Crippen LogP contribution in [0, 0.1) is 6.92 Å². The highest BCUT2D eigenvalue weighted by Crippen LogP contribution is 2.17. The van der Waals surface area contributed by atoms with Crippen LogP contribution >= 0.6 is 0 Å². The Morgan fingerprint density at radius 3 is 2.40 bits per heavy atom. The molecule has 0 bridgehead atoms. The zero-order valence-electron chi connectivity index (χ0n) is 14.9. The SMILES string of the molecule is Cc1cccc(COc2cccc(CNC(C)c3ccccc3)c2)c1. The van der Waals surface area contributed by atoms with E-state index in [0.29, 0.717) is 12.6 Å². The van der Waals surface area contributed by atoms with Crippen molar-refractivity contribution in [3.63, 3.8) is 0 Å². The van der Waals surface area contributed by atoms with Crippen LogP contribution in [0.4, 0.5) is 0 Å². The summed E-state index contributed by atoms with van der Waals surface area (Å²) in [6, 6.07) is 27.6. The van der Waals surface area contributed by atoms with Crippen molar-refractivity contribution in [3.05, 3.63) is 101 Å². The van der Waals surface area contributed by atoms with E-state index in [2.05, 4.69) is 85.9 Å². The summed E-state index contributed by atoms with van der Waals surface area (Å²) in [6.07, 6.45) is 0. The molecule has 128 valence electrons. The van der Waals surface area contributed by atoms with Crippen LogP contribution in [0.1, 0.15) is 35.2 Å². The normalized spacial score (nSPS) is 11.9. The molecule has 0 fully saturated rings. The number of nitrogens with one attached hydrogen (secondary N) is 1. The fourth-order valence-corrected chi connectivity index (χ4v) is 2.84. The smallest absolute Gasteiger partial charge is 0.120 e. The average molecular weight is 331 g/mol. The molecule has 25 heavy (non-hydrogen) atoms. The molecular formula is C23H25NO. The second kappa shape index (κ2) is 8.50. The Balaban J connectivity index is 1.56. The maximum Gasteiger partial charge on any atom is 0.120 e. The van der Waals surface area contributed by atoms with Gasteiger partial charge < -0.3 is 10.1 Å². The molecule has 1 N–H and O–H groups in total. The lowest BCUT2D eigenvalue weighted by Crippen LogP contribution is -2.17. The third-order valence-electron chi connectivity index (χ3n) is 4.30. The van der Waals surface area contributed by atoms with Gasteiger partial charge >= 0.3 is 0 Å². The van der Waals surface area contributed by atoms with Gasteiger partial charge in [-0.15, -0.1) is 0 Å². The maximum atomic E-state index is 5.95. The second-order valence-corrected chi connectivity index (χ2v) is 6.44. The minimum atomic E-state index is 0.318. The summed E-state index contributed by atoms with van der Waals surface area (Å²) in [6.45, 7) is 5.70. The molecule has 0 radical (unpaired) electrons. The van der Waals surface area contributed by atoms with Crippen molar-refractivity contribution in [3.8, 4) is 5.75 Å². The summed E-state index contributed by atoms with van der Waals surface area (Å²) in [4.78, 5) is 0. The molecule has 0 amide bonds. The minimum absolute atomic E-state index is 0.318. The predicted molar refractivity (Wildman–Crippen MR) is 104 cm³/mol. The first kappa shape index (κ1) is 17.2. The Hall–Kier alpha value is -2.58. The Labute approximate surface area is 150 Å².